The summed E-state index contributed by atoms with van der Waals surface area (Å²) in [4.78, 5) is 0. The van der Waals surface area contributed by atoms with Crippen molar-refractivity contribution < 1.29 is 4.39 Å². The largest absolute Gasteiger partial charge is 0.304 e. The lowest BCUT2D eigenvalue weighted by Gasteiger charge is -2.21. The van der Waals surface area contributed by atoms with Gasteiger partial charge in [0.15, 0.2) is 0 Å². The maximum Gasteiger partial charge on any atom is 0.127 e. The smallest absolute Gasteiger partial charge is 0.127 e. The Morgan fingerprint density at radius 2 is 1.71 bits per heavy atom. The minimum absolute atomic E-state index is 0.00513. The third-order valence-electron chi connectivity index (χ3n) is 4.49. The van der Waals surface area contributed by atoms with Crippen LogP contribution < -0.4 is 5.32 Å². The van der Waals surface area contributed by atoms with Gasteiger partial charge in [-0.1, -0.05) is 36.4 Å². The summed E-state index contributed by atoms with van der Waals surface area (Å²) in [6.07, 6.45) is 3.67. The summed E-state index contributed by atoms with van der Waals surface area (Å²) in [6.45, 7) is 4.16. The van der Waals surface area contributed by atoms with Crippen molar-refractivity contribution in [3.63, 3.8) is 0 Å². The Kier molecular flexibility index (Phi) is 4.07. The molecule has 1 N–H and O–H groups in total. The highest BCUT2D eigenvalue weighted by Gasteiger charge is 2.16. The molecule has 0 fully saturated rings. The number of nitrogens with one attached hydrogen (secondary N) is 1. The molecule has 0 bridgehead atoms. The first kappa shape index (κ1) is 14.3. The summed E-state index contributed by atoms with van der Waals surface area (Å²) < 4.78 is 13.8. The van der Waals surface area contributed by atoms with Crippen LogP contribution in [0.1, 0.15) is 54.6 Å². The van der Waals surface area contributed by atoms with Gasteiger partial charge in [-0.2, -0.15) is 0 Å². The normalized spacial score (nSPS) is 16.5. The number of hydrogen-bond acceptors (Lipinski definition) is 1. The Bertz CT molecular complexity index is 635. The topological polar surface area (TPSA) is 12.0 Å². The lowest BCUT2D eigenvalue weighted by Crippen LogP contribution is -2.23. The monoisotopic (exact) mass is 283 g/mol. The molecular weight excluding hydrogens is 261 g/mol. The summed E-state index contributed by atoms with van der Waals surface area (Å²) in [7, 11) is 0. The molecule has 110 valence electrons. The molecule has 1 nitrogen and oxygen atoms in total. The van der Waals surface area contributed by atoms with E-state index in [9.17, 15) is 4.39 Å². The van der Waals surface area contributed by atoms with Gasteiger partial charge < -0.3 is 5.32 Å². The van der Waals surface area contributed by atoms with Crippen molar-refractivity contribution in [1.29, 1.82) is 0 Å². The zero-order valence-electron chi connectivity index (χ0n) is 12.7. The van der Waals surface area contributed by atoms with Gasteiger partial charge in [-0.3, -0.25) is 0 Å². The Balaban J connectivity index is 1.74. The van der Waals surface area contributed by atoms with Crippen LogP contribution in [0.4, 0.5) is 4.39 Å². The highest BCUT2D eigenvalue weighted by atomic mass is 19.1. The first-order chi connectivity index (χ1) is 10.1. The van der Waals surface area contributed by atoms with E-state index in [-0.39, 0.29) is 17.9 Å². The molecule has 2 unspecified atom stereocenters. The fourth-order valence-electron chi connectivity index (χ4n) is 3.25. The molecule has 2 atom stereocenters. The maximum absolute atomic E-state index is 13.8. The molecule has 0 saturated heterocycles. The van der Waals surface area contributed by atoms with Gasteiger partial charge in [0.1, 0.15) is 5.82 Å². The summed E-state index contributed by atoms with van der Waals surface area (Å²) in [5, 5.41) is 3.50. The number of benzene rings is 2. The van der Waals surface area contributed by atoms with Crippen molar-refractivity contribution in [3.05, 3.63) is 70.5 Å². The molecule has 21 heavy (non-hydrogen) atoms. The van der Waals surface area contributed by atoms with E-state index in [1.54, 1.807) is 6.07 Å². The second-order valence-electron chi connectivity index (χ2n) is 6.01. The zero-order valence-corrected chi connectivity index (χ0v) is 12.7. The minimum Gasteiger partial charge on any atom is -0.304 e. The summed E-state index contributed by atoms with van der Waals surface area (Å²) in [5.74, 6) is -0.140. The van der Waals surface area contributed by atoms with Crippen LogP contribution in [0.15, 0.2) is 42.5 Å². The van der Waals surface area contributed by atoms with Crippen LogP contribution >= 0.6 is 0 Å². The van der Waals surface area contributed by atoms with Crippen molar-refractivity contribution in [3.8, 4) is 0 Å². The van der Waals surface area contributed by atoms with Crippen LogP contribution in [0.2, 0.25) is 0 Å². The highest BCUT2D eigenvalue weighted by Crippen LogP contribution is 2.27. The van der Waals surface area contributed by atoms with E-state index < -0.39 is 0 Å². The van der Waals surface area contributed by atoms with E-state index in [4.69, 9.17) is 0 Å². The molecule has 0 radical (unpaired) electrons. The van der Waals surface area contributed by atoms with Crippen molar-refractivity contribution in [2.24, 2.45) is 0 Å². The quantitative estimate of drug-likeness (QED) is 0.855. The molecule has 2 aromatic rings. The van der Waals surface area contributed by atoms with Gasteiger partial charge in [0, 0.05) is 17.6 Å². The number of rotatable bonds is 4. The molecular formula is C19H22FN. The van der Waals surface area contributed by atoms with Gasteiger partial charge in [0.05, 0.1) is 0 Å². The minimum atomic E-state index is -0.140. The first-order valence-corrected chi connectivity index (χ1v) is 7.77. The van der Waals surface area contributed by atoms with Crippen LogP contribution in [0.5, 0.6) is 0 Å². The molecule has 0 saturated carbocycles. The predicted molar refractivity (Wildman–Crippen MR) is 84.8 cm³/mol. The van der Waals surface area contributed by atoms with E-state index in [1.807, 2.05) is 19.1 Å². The molecule has 0 aromatic heterocycles. The average Bonchev–Trinajstić information content (AvgIpc) is 2.94. The van der Waals surface area contributed by atoms with Gasteiger partial charge in [-0.25, -0.2) is 4.39 Å². The Hall–Kier alpha value is -1.67. The molecule has 0 heterocycles. The van der Waals surface area contributed by atoms with Crippen LogP contribution in [0, 0.1) is 5.82 Å². The summed E-state index contributed by atoms with van der Waals surface area (Å²) in [5.41, 5.74) is 5.00. The van der Waals surface area contributed by atoms with Crippen LogP contribution in [0.25, 0.3) is 0 Å². The summed E-state index contributed by atoms with van der Waals surface area (Å²) in [6, 6.07) is 14.0. The van der Waals surface area contributed by atoms with Crippen LogP contribution in [0.3, 0.4) is 0 Å². The number of fused-ring (bicyclic) bond motifs is 1. The van der Waals surface area contributed by atoms with Gasteiger partial charge in [0.2, 0.25) is 0 Å². The van der Waals surface area contributed by atoms with E-state index in [1.165, 1.54) is 42.0 Å². The van der Waals surface area contributed by atoms with Crippen molar-refractivity contribution in [1.82, 2.24) is 5.32 Å². The fourth-order valence-corrected chi connectivity index (χ4v) is 3.25. The second kappa shape index (κ2) is 5.98. The maximum atomic E-state index is 13.8. The predicted octanol–water partition coefficient (Wildman–Crippen LogP) is 4.73. The Morgan fingerprint density at radius 1 is 0.952 bits per heavy atom. The van der Waals surface area contributed by atoms with Crippen LogP contribution in [-0.2, 0) is 12.8 Å². The fraction of sp³-hybridized carbons (Fsp3) is 0.368. The van der Waals surface area contributed by atoms with Crippen molar-refractivity contribution in [2.45, 2.75) is 45.2 Å². The number of hydrogen-bond donors (Lipinski definition) is 1. The van der Waals surface area contributed by atoms with Gasteiger partial charge in [-0.15, -0.1) is 0 Å². The molecule has 1 aliphatic carbocycles. The molecule has 0 spiro atoms. The van der Waals surface area contributed by atoms with E-state index in [2.05, 4.69) is 30.4 Å². The zero-order chi connectivity index (χ0) is 14.8. The third-order valence-corrected chi connectivity index (χ3v) is 4.49. The Morgan fingerprint density at radius 3 is 2.52 bits per heavy atom. The second-order valence-corrected chi connectivity index (χ2v) is 6.01. The number of halogens is 1. The number of aryl methyl sites for hydroxylation is 2. The lowest BCUT2D eigenvalue weighted by atomic mass is 10.0. The van der Waals surface area contributed by atoms with Crippen LogP contribution in [-0.4, -0.2) is 0 Å². The summed E-state index contributed by atoms with van der Waals surface area (Å²) >= 11 is 0. The average molecular weight is 283 g/mol. The molecule has 0 aliphatic heterocycles. The Labute approximate surface area is 126 Å². The SMILES string of the molecule is CC(NC(C)c1ccccc1F)c1ccc2c(c1)CCC2. The van der Waals surface area contributed by atoms with E-state index >= 15 is 0 Å². The highest BCUT2D eigenvalue weighted by molar-refractivity contribution is 5.36. The molecule has 3 rings (SSSR count). The molecule has 2 heteroatoms. The molecule has 1 aliphatic rings. The first-order valence-electron chi connectivity index (χ1n) is 7.77. The van der Waals surface area contributed by atoms with Crippen molar-refractivity contribution in [2.75, 3.05) is 0 Å². The molecule has 0 amide bonds. The van der Waals surface area contributed by atoms with E-state index in [0.717, 1.165) is 5.56 Å². The van der Waals surface area contributed by atoms with E-state index in [0.29, 0.717) is 0 Å². The molecule has 2 aromatic carbocycles. The van der Waals surface area contributed by atoms with Gasteiger partial charge in [-0.05, 0) is 55.9 Å². The third kappa shape index (κ3) is 3.01. The van der Waals surface area contributed by atoms with Crippen molar-refractivity contribution >= 4 is 0 Å². The van der Waals surface area contributed by atoms with Gasteiger partial charge >= 0.3 is 0 Å². The lowest BCUT2D eigenvalue weighted by molar-refractivity contribution is 0.474. The van der Waals surface area contributed by atoms with Gasteiger partial charge in [0.25, 0.3) is 0 Å². The standard InChI is InChI=1S/C19H22FN/c1-13(16-11-10-15-6-5-7-17(15)12-16)21-14(2)18-8-3-4-9-19(18)20/h3-4,8-14,21H,5-7H2,1-2H3.